The van der Waals surface area contributed by atoms with Gasteiger partial charge in [0.25, 0.3) is 0 Å². The van der Waals surface area contributed by atoms with E-state index in [1.165, 1.54) is 18.5 Å². The Morgan fingerprint density at radius 3 is 3.05 bits per heavy atom. The maximum atomic E-state index is 5.69. The van der Waals surface area contributed by atoms with Crippen LogP contribution in [0.15, 0.2) is 16.7 Å². The molecule has 1 aliphatic heterocycles. The van der Waals surface area contributed by atoms with Crippen molar-refractivity contribution in [1.82, 2.24) is 15.1 Å². The van der Waals surface area contributed by atoms with Gasteiger partial charge in [-0.1, -0.05) is 6.92 Å². The van der Waals surface area contributed by atoms with E-state index in [1.807, 2.05) is 6.26 Å². The van der Waals surface area contributed by atoms with Crippen molar-refractivity contribution < 1.29 is 4.42 Å². The van der Waals surface area contributed by atoms with Gasteiger partial charge in [0.05, 0.1) is 12.8 Å². The fraction of sp³-hybridized carbons (Fsp3) is 0.733. The zero-order valence-corrected chi connectivity index (χ0v) is 12.5. The molecule has 1 aromatic heterocycles. The third-order valence-electron chi connectivity index (χ3n) is 3.93. The Bertz CT molecular complexity index is 377. The van der Waals surface area contributed by atoms with E-state index in [-0.39, 0.29) is 0 Å². The molecule has 1 aliphatic rings. The predicted molar refractivity (Wildman–Crippen MR) is 78.1 cm³/mol. The molecule has 4 heteroatoms. The van der Waals surface area contributed by atoms with Crippen molar-refractivity contribution >= 4 is 0 Å². The van der Waals surface area contributed by atoms with Crippen LogP contribution in [0.5, 0.6) is 0 Å². The minimum atomic E-state index is 0.588. The number of nitrogens with one attached hydrogen (secondary N) is 1. The number of rotatable bonds is 5. The largest absolute Gasteiger partial charge is 0.468 e. The Balaban J connectivity index is 1.97. The van der Waals surface area contributed by atoms with Crippen LogP contribution in [0, 0.1) is 0 Å². The van der Waals surface area contributed by atoms with Crippen LogP contribution in [0.3, 0.4) is 0 Å². The molecule has 0 aliphatic carbocycles. The van der Waals surface area contributed by atoms with Gasteiger partial charge in [-0.3, -0.25) is 4.90 Å². The molecule has 0 bridgehead atoms. The standard InChI is InChI=1S/C15H27N3O/c1-4-16-10-14-6-9-19-15(14)12-18-8-5-7-17(3)11-13(18)2/h6,9,13,16H,4-5,7-8,10-12H2,1-3H3. The average Bonchev–Trinajstić information content (AvgIpc) is 2.75. The highest BCUT2D eigenvalue weighted by molar-refractivity contribution is 5.17. The summed E-state index contributed by atoms with van der Waals surface area (Å²) in [4.78, 5) is 4.96. The van der Waals surface area contributed by atoms with E-state index < -0.39 is 0 Å². The van der Waals surface area contributed by atoms with Gasteiger partial charge >= 0.3 is 0 Å². The minimum Gasteiger partial charge on any atom is -0.468 e. The summed E-state index contributed by atoms with van der Waals surface area (Å²) in [7, 11) is 2.21. The molecular weight excluding hydrogens is 238 g/mol. The second-order valence-electron chi connectivity index (χ2n) is 5.58. The normalized spacial score (nSPS) is 22.6. The maximum absolute atomic E-state index is 5.69. The molecule has 19 heavy (non-hydrogen) atoms. The van der Waals surface area contributed by atoms with E-state index in [9.17, 15) is 0 Å². The van der Waals surface area contributed by atoms with Gasteiger partial charge in [0.1, 0.15) is 5.76 Å². The molecule has 2 rings (SSSR count). The molecule has 0 radical (unpaired) electrons. The lowest BCUT2D eigenvalue weighted by atomic mass is 10.2. The van der Waals surface area contributed by atoms with Gasteiger partial charge < -0.3 is 14.6 Å². The van der Waals surface area contributed by atoms with Crippen molar-refractivity contribution in [2.24, 2.45) is 0 Å². The highest BCUT2D eigenvalue weighted by Gasteiger charge is 2.21. The summed E-state index contributed by atoms with van der Waals surface area (Å²) >= 11 is 0. The van der Waals surface area contributed by atoms with Crippen LogP contribution in [0.25, 0.3) is 0 Å². The van der Waals surface area contributed by atoms with Gasteiger partial charge in [-0.15, -0.1) is 0 Å². The van der Waals surface area contributed by atoms with Crippen LogP contribution in [0.1, 0.15) is 31.6 Å². The molecule has 108 valence electrons. The number of furan rings is 1. The van der Waals surface area contributed by atoms with Crippen molar-refractivity contribution in [3.8, 4) is 0 Å². The van der Waals surface area contributed by atoms with Crippen LogP contribution in [-0.2, 0) is 13.1 Å². The van der Waals surface area contributed by atoms with Crippen molar-refractivity contribution in [3.63, 3.8) is 0 Å². The first kappa shape index (κ1) is 14.6. The topological polar surface area (TPSA) is 31.7 Å². The van der Waals surface area contributed by atoms with Gasteiger partial charge in [0.15, 0.2) is 0 Å². The highest BCUT2D eigenvalue weighted by Crippen LogP contribution is 2.17. The first-order chi connectivity index (χ1) is 9.20. The monoisotopic (exact) mass is 265 g/mol. The third-order valence-corrected chi connectivity index (χ3v) is 3.93. The zero-order valence-electron chi connectivity index (χ0n) is 12.5. The number of hydrogen-bond donors (Lipinski definition) is 1. The van der Waals surface area contributed by atoms with Crippen molar-refractivity contribution in [2.75, 3.05) is 33.2 Å². The Morgan fingerprint density at radius 1 is 1.42 bits per heavy atom. The van der Waals surface area contributed by atoms with E-state index in [1.54, 1.807) is 0 Å². The van der Waals surface area contributed by atoms with Crippen LogP contribution in [0.4, 0.5) is 0 Å². The van der Waals surface area contributed by atoms with Crippen molar-refractivity contribution in [3.05, 3.63) is 23.7 Å². The molecule has 0 saturated carbocycles. The van der Waals surface area contributed by atoms with Crippen LogP contribution in [-0.4, -0.2) is 49.1 Å². The summed E-state index contributed by atoms with van der Waals surface area (Å²) in [5.74, 6) is 1.12. The van der Waals surface area contributed by atoms with Gasteiger partial charge in [-0.25, -0.2) is 0 Å². The number of hydrogen-bond acceptors (Lipinski definition) is 4. The van der Waals surface area contributed by atoms with Crippen molar-refractivity contribution in [1.29, 1.82) is 0 Å². The Kier molecular flexibility index (Phi) is 5.43. The summed E-state index contributed by atoms with van der Waals surface area (Å²) in [6, 6.07) is 2.68. The fourth-order valence-corrected chi connectivity index (χ4v) is 2.76. The van der Waals surface area contributed by atoms with E-state index in [2.05, 4.69) is 42.1 Å². The molecule has 1 aromatic rings. The van der Waals surface area contributed by atoms with Crippen LogP contribution < -0.4 is 5.32 Å². The molecule has 1 fully saturated rings. The summed E-state index contributed by atoms with van der Waals surface area (Å²) in [6.45, 7) is 10.8. The third kappa shape index (κ3) is 4.06. The fourth-order valence-electron chi connectivity index (χ4n) is 2.76. The van der Waals surface area contributed by atoms with Gasteiger partial charge in [-0.2, -0.15) is 0 Å². The van der Waals surface area contributed by atoms with Crippen LogP contribution >= 0.6 is 0 Å². The van der Waals surface area contributed by atoms with Gasteiger partial charge in [0, 0.05) is 31.2 Å². The lowest BCUT2D eigenvalue weighted by molar-refractivity contribution is 0.180. The molecule has 0 spiro atoms. The molecule has 2 heterocycles. The quantitative estimate of drug-likeness (QED) is 0.881. The first-order valence-electron chi connectivity index (χ1n) is 7.39. The van der Waals surface area contributed by atoms with E-state index in [0.29, 0.717) is 6.04 Å². The second kappa shape index (κ2) is 7.08. The lowest BCUT2D eigenvalue weighted by Gasteiger charge is -2.27. The van der Waals surface area contributed by atoms with Crippen LogP contribution in [0.2, 0.25) is 0 Å². The Hall–Kier alpha value is -0.840. The minimum absolute atomic E-state index is 0.588. The van der Waals surface area contributed by atoms with E-state index in [4.69, 9.17) is 4.42 Å². The Morgan fingerprint density at radius 2 is 2.26 bits per heavy atom. The molecule has 0 aromatic carbocycles. The lowest BCUT2D eigenvalue weighted by Crippen LogP contribution is -2.37. The Labute approximate surface area is 116 Å². The van der Waals surface area contributed by atoms with Gasteiger partial charge in [-0.05, 0) is 39.5 Å². The smallest absolute Gasteiger partial charge is 0.122 e. The molecule has 1 atom stereocenters. The number of likely N-dealkylation sites (N-methyl/N-ethyl adjacent to an activating group) is 1. The van der Waals surface area contributed by atoms with Gasteiger partial charge in [0.2, 0.25) is 0 Å². The summed E-state index contributed by atoms with van der Waals surface area (Å²) < 4.78 is 5.69. The summed E-state index contributed by atoms with van der Waals surface area (Å²) in [6.07, 6.45) is 3.06. The zero-order chi connectivity index (χ0) is 13.7. The van der Waals surface area contributed by atoms with E-state index in [0.717, 1.165) is 38.5 Å². The highest BCUT2D eigenvalue weighted by atomic mass is 16.3. The van der Waals surface area contributed by atoms with Crippen molar-refractivity contribution in [2.45, 2.75) is 39.4 Å². The molecule has 0 amide bonds. The number of nitrogens with zero attached hydrogens (tertiary/aromatic N) is 2. The molecule has 1 N–H and O–H groups in total. The molecule has 4 nitrogen and oxygen atoms in total. The molecule has 1 saturated heterocycles. The summed E-state index contributed by atoms with van der Waals surface area (Å²) in [5, 5.41) is 3.37. The predicted octanol–water partition coefficient (Wildman–Crippen LogP) is 1.92. The molecule has 1 unspecified atom stereocenters. The van der Waals surface area contributed by atoms with E-state index >= 15 is 0 Å². The SMILES string of the molecule is CCNCc1ccoc1CN1CCCN(C)CC1C. The maximum Gasteiger partial charge on any atom is 0.122 e. The molecular formula is C15H27N3O. The second-order valence-corrected chi connectivity index (χ2v) is 5.58. The first-order valence-corrected chi connectivity index (χ1v) is 7.39. The summed E-state index contributed by atoms with van der Waals surface area (Å²) in [5.41, 5.74) is 1.30. The average molecular weight is 265 g/mol.